The second-order valence-corrected chi connectivity index (χ2v) is 21.2. The van der Waals surface area contributed by atoms with Crippen molar-refractivity contribution in [3.63, 3.8) is 0 Å². The number of carbonyl (C=O) groups excluding carboxylic acids is 4. The zero-order valence-corrected chi connectivity index (χ0v) is 49.1. The molecule has 2 aromatic carbocycles. The van der Waals surface area contributed by atoms with Gasteiger partial charge in [0.05, 0.1) is 33.0 Å². The molecule has 0 bridgehead atoms. The van der Waals surface area contributed by atoms with Crippen LogP contribution in [0.15, 0.2) is 36.4 Å². The number of esters is 2. The van der Waals surface area contributed by atoms with Gasteiger partial charge in [-0.2, -0.15) is 0 Å². The van der Waals surface area contributed by atoms with Gasteiger partial charge in [-0.1, -0.05) is 233 Å². The second kappa shape index (κ2) is 47.9. The summed E-state index contributed by atoms with van der Waals surface area (Å²) in [6.07, 6.45) is 45.3. The molecule has 2 rings (SSSR count). The Balaban J connectivity index is 2.21. The van der Waals surface area contributed by atoms with Gasteiger partial charge in [0.25, 0.3) is 11.8 Å². The van der Waals surface area contributed by atoms with Crippen LogP contribution in [0.2, 0.25) is 0 Å². The highest BCUT2D eigenvalue weighted by molar-refractivity contribution is 6.05. The first-order valence-corrected chi connectivity index (χ1v) is 31.4. The van der Waals surface area contributed by atoms with E-state index in [0.717, 1.165) is 38.5 Å². The summed E-state index contributed by atoms with van der Waals surface area (Å²) in [6.45, 7) is 12.1. The topological polar surface area (TPSA) is 138 Å². The number of carbonyl (C=O) groups is 4. The highest BCUT2D eigenvalue weighted by Gasteiger charge is 2.25. The van der Waals surface area contributed by atoms with Crippen molar-refractivity contribution in [2.45, 2.75) is 285 Å². The maximum Gasteiger partial charge on any atom is 0.328 e. The molecule has 11 nitrogen and oxygen atoms in total. The smallest absolute Gasteiger partial charge is 0.328 e. The molecule has 0 aliphatic rings. The molecule has 0 saturated carbocycles. The molecule has 0 saturated heterocycles. The van der Waals surface area contributed by atoms with Crippen molar-refractivity contribution in [1.82, 2.24) is 5.32 Å². The van der Waals surface area contributed by atoms with Gasteiger partial charge in [-0.25, -0.2) is 4.79 Å². The highest BCUT2D eigenvalue weighted by Crippen LogP contribution is 2.40. The van der Waals surface area contributed by atoms with E-state index < -0.39 is 23.9 Å². The van der Waals surface area contributed by atoms with E-state index in [9.17, 15) is 19.2 Å². The molecule has 2 N–H and O–H groups in total. The van der Waals surface area contributed by atoms with Gasteiger partial charge in [-0.3, -0.25) is 14.4 Å². The molecule has 1 atom stereocenters. The Morgan fingerprint density at radius 2 is 0.763 bits per heavy atom. The van der Waals surface area contributed by atoms with E-state index in [-0.39, 0.29) is 37.5 Å². The fourth-order valence-electron chi connectivity index (χ4n) is 9.57. The van der Waals surface area contributed by atoms with Crippen molar-refractivity contribution < 1.29 is 42.9 Å². The number of ether oxygens (including phenoxy) is 5. The van der Waals surface area contributed by atoms with Crippen LogP contribution >= 0.6 is 0 Å². The fraction of sp³-hybridized carbons (Fsp3) is 0.754. The van der Waals surface area contributed by atoms with Crippen LogP contribution in [0.1, 0.15) is 299 Å². The molecule has 2 aromatic rings. The van der Waals surface area contributed by atoms with Crippen LogP contribution in [-0.2, 0) is 19.1 Å². The lowest BCUT2D eigenvalue weighted by Crippen LogP contribution is -2.42. The van der Waals surface area contributed by atoms with Crippen LogP contribution in [0, 0.1) is 0 Å². The quantitative estimate of drug-likeness (QED) is 0.0490. The first-order chi connectivity index (χ1) is 37.3. The number of rotatable bonds is 52. The standard InChI is InChI=1S/C65H110N2O9/c1-6-11-14-17-20-23-26-29-32-35-38-41-50-74-59-53-56(64(70)66-57-46-44-55(45-47-57)63(69)67-58(65(71)73-10-5)48-49-61(68)72-9-4)54-60(75-51-42-39-36-33-30-27-24-21-18-15-12-7-2)62(59)76-52-43-40-37-34-31-28-25-22-19-16-13-8-3/h44-47,53-54,58H,6-43,48-52H2,1-5H3,(H,66,70)(H,67,69)/t58-/m0/s1. The Morgan fingerprint density at radius 3 is 1.13 bits per heavy atom. The maximum atomic E-state index is 14.1. The lowest BCUT2D eigenvalue weighted by atomic mass is 10.1. The molecule has 0 fully saturated rings. The number of nitrogens with one attached hydrogen (secondary N) is 2. The molecule has 11 heteroatoms. The van der Waals surface area contributed by atoms with Crippen molar-refractivity contribution in [1.29, 1.82) is 0 Å². The molecule has 0 aromatic heterocycles. The predicted octanol–water partition coefficient (Wildman–Crippen LogP) is 18.2. The van der Waals surface area contributed by atoms with E-state index in [1.807, 2.05) is 0 Å². The molecule has 0 radical (unpaired) electrons. The van der Waals surface area contributed by atoms with Gasteiger partial charge in [0, 0.05) is 23.2 Å². The summed E-state index contributed by atoms with van der Waals surface area (Å²) in [6, 6.07) is 8.98. The number of benzene rings is 2. The van der Waals surface area contributed by atoms with E-state index in [2.05, 4.69) is 31.4 Å². The summed E-state index contributed by atoms with van der Waals surface area (Å²) in [7, 11) is 0. The first-order valence-electron chi connectivity index (χ1n) is 31.4. The number of amides is 2. The van der Waals surface area contributed by atoms with E-state index in [4.69, 9.17) is 23.7 Å². The Morgan fingerprint density at radius 1 is 0.408 bits per heavy atom. The third-order valence-electron chi connectivity index (χ3n) is 14.3. The van der Waals surface area contributed by atoms with E-state index in [1.54, 1.807) is 50.2 Å². The van der Waals surface area contributed by atoms with Crippen LogP contribution in [-0.4, -0.2) is 62.8 Å². The van der Waals surface area contributed by atoms with Crippen molar-refractivity contribution in [3.8, 4) is 17.2 Å². The van der Waals surface area contributed by atoms with E-state index >= 15 is 0 Å². The Labute approximate surface area is 463 Å². The van der Waals surface area contributed by atoms with Crippen molar-refractivity contribution in [2.24, 2.45) is 0 Å². The predicted molar refractivity (Wildman–Crippen MR) is 314 cm³/mol. The van der Waals surface area contributed by atoms with Gasteiger partial charge in [0.1, 0.15) is 6.04 Å². The summed E-state index contributed by atoms with van der Waals surface area (Å²) in [5.41, 5.74) is 1.14. The third kappa shape index (κ3) is 34.5. The molecular formula is C65H110N2O9. The first kappa shape index (κ1) is 67.8. The van der Waals surface area contributed by atoms with Crippen molar-refractivity contribution in [3.05, 3.63) is 47.5 Å². The zero-order chi connectivity index (χ0) is 54.9. The number of unbranched alkanes of at least 4 members (excludes halogenated alkanes) is 33. The summed E-state index contributed by atoms with van der Waals surface area (Å²) in [5.74, 6) is -0.341. The largest absolute Gasteiger partial charge is 0.490 e. The maximum absolute atomic E-state index is 14.1. The minimum atomic E-state index is -1.03. The lowest BCUT2D eigenvalue weighted by Gasteiger charge is -2.19. The number of hydrogen-bond donors (Lipinski definition) is 2. The summed E-state index contributed by atoms with van der Waals surface area (Å²) in [4.78, 5) is 52.2. The van der Waals surface area contributed by atoms with Gasteiger partial charge >= 0.3 is 11.9 Å². The van der Waals surface area contributed by atoms with Gasteiger partial charge in [0.2, 0.25) is 5.75 Å². The lowest BCUT2D eigenvalue weighted by molar-refractivity contribution is -0.146. The molecule has 0 aliphatic carbocycles. The third-order valence-corrected chi connectivity index (χ3v) is 14.3. The minimum absolute atomic E-state index is 0.0386. The van der Waals surface area contributed by atoms with Crippen LogP contribution in [0.5, 0.6) is 17.2 Å². The molecule has 0 heterocycles. The second-order valence-electron chi connectivity index (χ2n) is 21.2. The molecule has 2 amide bonds. The summed E-state index contributed by atoms with van der Waals surface area (Å²) >= 11 is 0. The molecule has 0 spiro atoms. The Hall–Kier alpha value is -4.28. The van der Waals surface area contributed by atoms with Gasteiger partial charge in [-0.05, 0) is 75.9 Å². The normalized spacial score (nSPS) is 11.5. The van der Waals surface area contributed by atoms with E-state index in [0.29, 0.717) is 48.3 Å². The van der Waals surface area contributed by atoms with Gasteiger partial charge in [0.15, 0.2) is 11.5 Å². The van der Waals surface area contributed by atoms with Crippen molar-refractivity contribution in [2.75, 3.05) is 38.4 Å². The molecule has 434 valence electrons. The van der Waals surface area contributed by atoms with Crippen LogP contribution in [0.4, 0.5) is 5.69 Å². The molecule has 0 aliphatic heterocycles. The van der Waals surface area contributed by atoms with Crippen LogP contribution in [0.3, 0.4) is 0 Å². The number of anilines is 1. The van der Waals surface area contributed by atoms with Gasteiger partial charge < -0.3 is 34.3 Å². The van der Waals surface area contributed by atoms with Crippen LogP contribution in [0.25, 0.3) is 0 Å². The monoisotopic (exact) mass is 1060 g/mol. The zero-order valence-electron chi connectivity index (χ0n) is 49.1. The average Bonchev–Trinajstić information content (AvgIpc) is 3.42. The summed E-state index contributed by atoms with van der Waals surface area (Å²) in [5, 5.41) is 5.70. The SMILES string of the molecule is CCCCCCCCCCCCCCOc1cc(C(=O)Nc2ccc(C(=O)N[C@@H](CCC(=O)OCC)C(=O)OCC)cc2)cc(OCCCCCCCCCCCCCC)c1OCCCCCCCCCCCCCC. The number of hydrogen-bond acceptors (Lipinski definition) is 9. The van der Waals surface area contributed by atoms with Crippen molar-refractivity contribution >= 4 is 29.4 Å². The fourth-order valence-corrected chi connectivity index (χ4v) is 9.57. The highest BCUT2D eigenvalue weighted by atomic mass is 16.5. The molecule has 76 heavy (non-hydrogen) atoms. The van der Waals surface area contributed by atoms with Gasteiger partial charge in [-0.15, -0.1) is 0 Å². The minimum Gasteiger partial charge on any atom is -0.490 e. The summed E-state index contributed by atoms with van der Waals surface area (Å²) < 4.78 is 29.9. The Bertz CT molecular complexity index is 1700. The molecule has 0 unspecified atom stereocenters. The molecular weight excluding hydrogens is 953 g/mol. The Kier molecular flexibility index (Phi) is 42.7. The average molecular weight is 1060 g/mol. The van der Waals surface area contributed by atoms with E-state index in [1.165, 1.54) is 193 Å². The van der Waals surface area contributed by atoms with Crippen LogP contribution < -0.4 is 24.8 Å².